The molecule has 1 rings (SSSR count). The van der Waals surface area contributed by atoms with Crippen molar-refractivity contribution in [2.75, 3.05) is 18.9 Å². The number of aliphatic carboxylic acids is 1. The summed E-state index contributed by atoms with van der Waals surface area (Å²) in [5.74, 6) is -2.03. The number of anilines is 1. The Kier molecular flexibility index (Phi) is 6.36. The minimum atomic E-state index is -3.04. The van der Waals surface area contributed by atoms with Gasteiger partial charge in [-0.15, -0.1) is 0 Å². The van der Waals surface area contributed by atoms with Crippen molar-refractivity contribution in [3.63, 3.8) is 0 Å². The number of urea groups is 1. The topological polar surface area (TPSA) is 78.9 Å². The Bertz CT molecular complexity index is 557. The van der Waals surface area contributed by atoms with Crippen LogP contribution in [-0.2, 0) is 4.79 Å². The van der Waals surface area contributed by atoms with Crippen molar-refractivity contribution in [2.45, 2.75) is 13.5 Å². The van der Waals surface area contributed by atoms with Gasteiger partial charge in [0.05, 0.1) is 10.9 Å². The molecule has 1 aromatic rings. The fraction of sp³-hybridized carbons (Fsp3) is 0.385. The third-order valence-corrected chi connectivity index (χ3v) is 3.03. The molecule has 6 nitrogen and oxygen atoms in total. The molecule has 0 aromatic heterocycles. The van der Waals surface area contributed by atoms with Crippen molar-refractivity contribution in [3.05, 3.63) is 23.2 Å². The van der Waals surface area contributed by atoms with Crippen molar-refractivity contribution in [3.8, 4) is 5.75 Å². The first-order chi connectivity index (χ1) is 10.2. The lowest BCUT2D eigenvalue weighted by molar-refractivity contribution is -0.141. The van der Waals surface area contributed by atoms with Crippen molar-refractivity contribution in [2.24, 2.45) is 5.92 Å². The molecular formula is C13H15ClF2N2O4. The number of alkyl halides is 2. The summed E-state index contributed by atoms with van der Waals surface area (Å²) in [5.41, 5.74) is 0.194. The summed E-state index contributed by atoms with van der Waals surface area (Å²) in [6.07, 6.45) is 0. The van der Waals surface area contributed by atoms with Crippen LogP contribution in [0.4, 0.5) is 19.3 Å². The second-order valence-electron chi connectivity index (χ2n) is 4.57. The first kappa shape index (κ1) is 18.0. The number of halogens is 3. The number of nitrogens with one attached hydrogen (secondary N) is 1. The highest BCUT2D eigenvalue weighted by Crippen LogP contribution is 2.29. The molecule has 9 heteroatoms. The summed E-state index contributed by atoms with van der Waals surface area (Å²) in [6, 6.07) is 3.28. The van der Waals surface area contributed by atoms with Gasteiger partial charge in [-0.3, -0.25) is 4.79 Å². The quantitative estimate of drug-likeness (QED) is 0.836. The van der Waals surface area contributed by atoms with Gasteiger partial charge in [0.2, 0.25) is 0 Å². The average molecular weight is 337 g/mol. The smallest absolute Gasteiger partial charge is 0.387 e. The normalized spacial score (nSPS) is 11.9. The van der Waals surface area contributed by atoms with Gasteiger partial charge in [0.15, 0.2) is 0 Å². The zero-order valence-electron chi connectivity index (χ0n) is 11.8. The second kappa shape index (κ2) is 7.79. The molecule has 1 aromatic carbocycles. The largest absolute Gasteiger partial charge is 0.481 e. The molecule has 0 saturated heterocycles. The van der Waals surface area contributed by atoms with Crippen molar-refractivity contribution < 1.29 is 28.2 Å². The Morgan fingerprint density at radius 2 is 2.09 bits per heavy atom. The van der Waals surface area contributed by atoms with E-state index in [1.54, 1.807) is 0 Å². The number of amides is 2. The molecule has 0 aliphatic heterocycles. The highest BCUT2D eigenvalue weighted by Gasteiger charge is 2.18. The van der Waals surface area contributed by atoms with E-state index >= 15 is 0 Å². The SMILES string of the molecule is CC(CN(C)C(=O)Nc1ccc(Cl)c(OC(F)F)c1)C(=O)O. The van der Waals surface area contributed by atoms with Crippen LogP contribution in [0.15, 0.2) is 18.2 Å². The maximum Gasteiger partial charge on any atom is 0.387 e. The second-order valence-corrected chi connectivity index (χ2v) is 4.98. The molecule has 0 aliphatic rings. The molecular weight excluding hydrogens is 322 g/mol. The van der Waals surface area contributed by atoms with Gasteiger partial charge in [-0.05, 0) is 12.1 Å². The lowest BCUT2D eigenvalue weighted by atomic mass is 10.2. The summed E-state index contributed by atoms with van der Waals surface area (Å²) in [6.45, 7) is -1.58. The highest BCUT2D eigenvalue weighted by atomic mass is 35.5. The number of nitrogens with zero attached hydrogens (tertiary/aromatic N) is 1. The van der Waals surface area contributed by atoms with Gasteiger partial charge < -0.3 is 20.1 Å². The molecule has 0 aliphatic carbocycles. The van der Waals surface area contributed by atoms with Crippen LogP contribution in [0.3, 0.4) is 0 Å². The van der Waals surface area contributed by atoms with Crippen LogP contribution in [0.25, 0.3) is 0 Å². The Morgan fingerprint density at radius 3 is 2.64 bits per heavy atom. The lowest BCUT2D eigenvalue weighted by Gasteiger charge is -2.20. The summed E-state index contributed by atoms with van der Waals surface area (Å²) in [5, 5.41) is 11.2. The van der Waals surface area contributed by atoms with Crippen LogP contribution < -0.4 is 10.1 Å². The van der Waals surface area contributed by atoms with E-state index in [1.165, 1.54) is 31.0 Å². The van der Waals surface area contributed by atoms with E-state index in [0.29, 0.717) is 0 Å². The van der Waals surface area contributed by atoms with Gasteiger partial charge in [0.25, 0.3) is 0 Å². The third-order valence-electron chi connectivity index (χ3n) is 2.71. The fourth-order valence-electron chi connectivity index (χ4n) is 1.56. The van der Waals surface area contributed by atoms with Crippen LogP contribution in [0.5, 0.6) is 5.75 Å². The van der Waals surface area contributed by atoms with E-state index in [0.717, 1.165) is 6.07 Å². The van der Waals surface area contributed by atoms with Crippen LogP contribution in [0.1, 0.15) is 6.92 Å². The monoisotopic (exact) mass is 336 g/mol. The van der Waals surface area contributed by atoms with E-state index in [2.05, 4.69) is 10.1 Å². The van der Waals surface area contributed by atoms with Crippen LogP contribution >= 0.6 is 11.6 Å². The molecule has 122 valence electrons. The Balaban J connectivity index is 2.73. The number of hydrogen-bond acceptors (Lipinski definition) is 3. The zero-order valence-corrected chi connectivity index (χ0v) is 12.6. The molecule has 0 radical (unpaired) electrons. The molecule has 22 heavy (non-hydrogen) atoms. The number of benzene rings is 1. The Morgan fingerprint density at radius 1 is 1.45 bits per heavy atom. The molecule has 0 bridgehead atoms. The van der Waals surface area contributed by atoms with E-state index in [-0.39, 0.29) is 23.0 Å². The first-order valence-electron chi connectivity index (χ1n) is 6.20. The summed E-state index contributed by atoms with van der Waals surface area (Å²) >= 11 is 5.70. The van der Waals surface area contributed by atoms with Crippen molar-refractivity contribution in [1.29, 1.82) is 0 Å². The van der Waals surface area contributed by atoms with E-state index in [4.69, 9.17) is 16.7 Å². The summed E-state index contributed by atoms with van der Waals surface area (Å²) in [7, 11) is 1.42. The molecule has 0 heterocycles. The first-order valence-corrected chi connectivity index (χ1v) is 6.57. The maximum atomic E-state index is 12.2. The van der Waals surface area contributed by atoms with Gasteiger partial charge in [0.1, 0.15) is 5.75 Å². The molecule has 0 saturated carbocycles. The minimum absolute atomic E-state index is 0.00481. The fourth-order valence-corrected chi connectivity index (χ4v) is 1.72. The van der Waals surface area contributed by atoms with E-state index in [9.17, 15) is 18.4 Å². The summed E-state index contributed by atoms with van der Waals surface area (Å²) in [4.78, 5) is 23.8. The summed E-state index contributed by atoms with van der Waals surface area (Å²) < 4.78 is 28.6. The minimum Gasteiger partial charge on any atom is -0.481 e. The average Bonchev–Trinajstić information content (AvgIpc) is 2.41. The standard InChI is InChI=1S/C13H15ClF2N2O4/c1-7(11(19)20)6-18(2)13(21)17-8-3-4-9(14)10(5-8)22-12(15)16/h3-5,7,12H,6H2,1-2H3,(H,17,21)(H,19,20). The number of ether oxygens (including phenoxy) is 1. The Hall–Kier alpha value is -2.09. The lowest BCUT2D eigenvalue weighted by Crippen LogP contribution is -2.36. The maximum absolute atomic E-state index is 12.2. The van der Waals surface area contributed by atoms with Crippen LogP contribution in [0, 0.1) is 5.92 Å². The molecule has 2 N–H and O–H groups in total. The molecule has 1 atom stereocenters. The van der Waals surface area contributed by atoms with Crippen molar-refractivity contribution in [1.82, 2.24) is 4.90 Å². The van der Waals surface area contributed by atoms with Gasteiger partial charge in [-0.2, -0.15) is 8.78 Å². The molecule has 0 spiro atoms. The molecule has 0 fully saturated rings. The number of carbonyl (C=O) groups excluding carboxylic acids is 1. The molecule has 1 unspecified atom stereocenters. The number of carboxylic acid groups (broad SMARTS) is 1. The van der Waals surface area contributed by atoms with Gasteiger partial charge in [-0.25, -0.2) is 4.79 Å². The number of carboxylic acids is 1. The van der Waals surface area contributed by atoms with Crippen LogP contribution in [-0.4, -0.2) is 42.2 Å². The Labute approximate surface area is 130 Å². The number of carbonyl (C=O) groups is 2. The van der Waals surface area contributed by atoms with Crippen molar-refractivity contribution >= 4 is 29.3 Å². The molecule has 2 amide bonds. The van der Waals surface area contributed by atoms with Gasteiger partial charge in [0, 0.05) is 25.3 Å². The highest BCUT2D eigenvalue weighted by molar-refractivity contribution is 6.32. The predicted octanol–water partition coefficient (Wildman–Crippen LogP) is 3.13. The van der Waals surface area contributed by atoms with Gasteiger partial charge in [-0.1, -0.05) is 18.5 Å². The predicted molar refractivity (Wildman–Crippen MR) is 76.5 cm³/mol. The van der Waals surface area contributed by atoms with E-state index in [1.807, 2.05) is 0 Å². The van der Waals surface area contributed by atoms with Gasteiger partial charge >= 0.3 is 18.6 Å². The van der Waals surface area contributed by atoms with E-state index < -0.39 is 24.5 Å². The number of rotatable bonds is 6. The zero-order chi connectivity index (χ0) is 16.9. The van der Waals surface area contributed by atoms with Crippen LogP contribution in [0.2, 0.25) is 5.02 Å². The number of hydrogen-bond donors (Lipinski definition) is 2. The third kappa shape index (κ3) is 5.36.